The van der Waals surface area contributed by atoms with E-state index in [0.717, 1.165) is 6.07 Å². The third kappa shape index (κ3) is 3.72. The van der Waals surface area contributed by atoms with Crippen molar-refractivity contribution >= 4 is 5.97 Å². The second-order valence-corrected chi connectivity index (χ2v) is 3.06. The molecule has 1 rings (SSSR count). The smallest absolute Gasteiger partial charge is 0.387 e. The molecule has 0 aliphatic heterocycles. The fraction of sp³-hybridized carbons (Fsp3) is 0.300. The zero-order chi connectivity index (χ0) is 12.1. The molecule has 0 saturated heterocycles. The van der Waals surface area contributed by atoms with Crippen molar-refractivity contribution in [2.45, 2.75) is 19.5 Å². The van der Waals surface area contributed by atoms with Crippen LogP contribution in [0.3, 0.4) is 0 Å². The molecule has 16 heavy (non-hydrogen) atoms. The Bertz CT molecular complexity index is 379. The number of phenols is 1. The maximum absolute atomic E-state index is 12.0. The van der Waals surface area contributed by atoms with Gasteiger partial charge in [-0.05, 0) is 18.1 Å². The molecule has 0 heterocycles. The first-order valence-corrected chi connectivity index (χ1v) is 4.47. The van der Waals surface area contributed by atoms with Gasteiger partial charge in [-0.25, -0.2) is 0 Å². The number of alkyl halides is 2. The van der Waals surface area contributed by atoms with Crippen LogP contribution in [0, 0.1) is 0 Å². The van der Waals surface area contributed by atoms with E-state index in [2.05, 4.69) is 4.74 Å². The first-order chi connectivity index (χ1) is 7.49. The van der Waals surface area contributed by atoms with E-state index in [1.165, 1.54) is 12.1 Å². The van der Waals surface area contributed by atoms with E-state index in [9.17, 15) is 13.6 Å². The quantitative estimate of drug-likeness (QED) is 0.814. The van der Waals surface area contributed by atoms with Crippen molar-refractivity contribution in [1.29, 1.82) is 0 Å². The lowest BCUT2D eigenvalue weighted by Gasteiger charge is -2.10. The molecule has 0 fully saturated rings. The summed E-state index contributed by atoms with van der Waals surface area (Å²) in [6.07, 6.45) is -0.123. The molecule has 1 aromatic carbocycles. The summed E-state index contributed by atoms with van der Waals surface area (Å²) in [4.78, 5) is 10.3. The number of carboxylic acids is 1. The Morgan fingerprint density at radius 1 is 1.44 bits per heavy atom. The number of ether oxygens (including phenoxy) is 1. The van der Waals surface area contributed by atoms with Crippen LogP contribution in [0.1, 0.15) is 12.0 Å². The van der Waals surface area contributed by atoms with Gasteiger partial charge in [0.2, 0.25) is 0 Å². The van der Waals surface area contributed by atoms with Crippen LogP contribution in [-0.4, -0.2) is 22.8 Å². The number of carboxylic acid groups (broad SMARTS) is 1. The normalized spacial score (nSPS) is 10.4. The second kappa shape index (κ2) is 5.29. The summed E-state index contributed by atoms with van der Waals surface area (Å²) in [7, 11) is 0. The van der Waals surface area contributed by atoms with Crippen molar-refractivity contribution < 1.29 is 28.5 Å². The van der Waals surface area contributed by atoms with Gasteiger partial charge in [0.05, 0.1) is 0 Å². The Kier molecular flexibility index (Phi) is 4.04. The third-order valence-corrected chi connectivity index (χ3v) is 1.88. The minimum atomic E-state index is -3.01. The average Bonchev–Trinajstić information content (AvgIpc) is 2.15. The van der Waals surface area contributed by atoms with Gasteiger partial charge < -0.3 is 14.9 Å². The van der Waals surface area contributed by atoms with Crippen molar-refractivity contribution in [1.82, 2.24) is 0 Å². The molecular formula is C10H10F2O4. The van der Waals surface area contributed by atoms with E-state index in [-0.39, 0.29) is 24.3 Å². The Labute approximate surface area is 90.1 Å². The lowest BCUT2D eigenvalue weighted by molar-refractivity contribution is -0.136. The molecule has 0 aliphatic rings. The van der Waals surface area contributed by atoms with Gasteiger partial charge in [-0.3, -0.25) is 4.79 Å². The van der Waals surface area contributed by atoms with Crippen LogP contribution in [-0.2, 0) is 11.2 Å². The second-order valence-electron chi connectivity index (χ2n) is 3.06. The minimum absolute atomic E-state index is 0.0671. The van der Waals surface area contributed by atoms with Crippen LogP contribution in [0.15, 0.2) is 18.2 Å². The SMILES string of the molecule is O=C(O)CCc1ccc(O)cc1OC(F)F. The summed E-state index contributed by atoms with van der Waals surface area (Å²) in [5.74, 6) is -1.44. The number of aliphatic carboxylic acids is 1. The zero-order valence-corrected chi connectivity index (χ0v) is 8.19. The Hall–Kier alpha value is -1.85. The number of halogens is 2. The van der Waals surface area contributed by atoms with Crippen LogP contribution in [0.5, 0.6) is 11.5 Å². The van der Waals surface area contributed by atoms with Crippen LogP contribution in [0.2, 0.25) is 0 Å². The van der Waals surface area contributed by atoms with Gasteiger partial charge in [0.15, 0.2) is 0 Å². The molecule has 1 aromatic rings. The number of carbonyl (C=O) groups is 1. The number of phenolic OH excluding ortho intramolecular Hbond substituents is 1. The van der Waals surface area contributed by atoms with Gasteiger partial charge in [-0.15, -0.1) is 0 Å². The summed E-state index contributed by atoms with van der Waals surface area (Å²) in [5, 5.41) is 17.6. The molecule has 0 amide bonds. The molecule has 0 unspecified atom stereocenters. The maximum atomic E-state index is 12.0. The fourth-order valence-corrected chi connectivity index (χ4v) is 1.20. The molecule has 0 saturated carbocycles. The van der Waals surface area contributed by atoms with Gasteiger partial charge in [-0.1, -0.05) is 6.07 Å². The van der Waals surface area contributed by atoms with Crippen molar-refractivity contribution in [3.8, 4) is 11.5 Å². The van der Waals surface area contributed by atoms with E-state index >= 15 is 0 Å². The number of hydrogen-bond acceptors (Lipinski definition) is 3. The minimum Gasteiger partial charge on any atom is -0.508 e. The van der Waals surface area contributed by atoms with E-state index in [4.69, 9.17) is 10.2 Å². The maximum Gasteiger partial charge on any atom is 0.387 e. The van der Waals surface area contributed by atoms with E-state index < -0.39 is 12.6 Å². The fourth-order valence-electron chi connectivity index (χ4n) is 1.20. The summed E-state index contributed by atoms with van der Waals surface area (Å²) >= 11 is 0. The van der Waals surface area contributed by atoms with Crippen molar-refractivity contribution in [3.63, 3.8) is 0 Å². The predicted octanol–water partition coefficient (Wildman–Crippen LogP) is 2.01. The predicted molar refractivity (Wildman–Crippen MR) is 50.7 cm³/mol. The van der Waals surface area contributed by atoms with Crippen molar-refractivity contribution in [3.05, 3.63) is 23.8 Å². The number of aromatic hydroxyl groups is 1. The number of benzene rings is 1. The summed E-state index contributed by atoms with van der Waals surface area (Å²) in [6, 6.07) is 3.68. The van der Waals surface area contributed by atoms with Crippen LogP contribution >= 0.6 is 0 Å². The van der Waals surface area contributed by atoms with Gasteiger partial charge in [0.25, 0.3) is 0 Å². The molecule has 0 radical (unpaired) electrons. The molecule has 0 aliphatic carbocycles. The summed E-state index contributed by atoms with van der Waals surface area (Å²) in [5.41, 5.74) is 0.320. The molecule has 0 aromatic heterocycles. The van der Waals surface area contributed by atoms with E-state index in [1.54, 1.807) is 0 Å². The highest BCUT2D eigenvalue weighted by Gasteiger charge is 2.11. The standard InChI is InChI=1S/C10H10F2O4/c11-10(12)16-8-5-7(13)3-1-6(8)2-4-9(14)15/h1,3,5,10,13H,2,4H2,(H,14,15). The van der Waals surface area contributed by atoms with Crippen molar-refractivity contribution in [2.24, 2.45) is 0 Å². The molecule has 2 N–H and O–H groups in total. The van der Waals surface area contributed by atoms with Crippen LogP contribution < -0.4 is 4.74 Å². The highest BCUT2D eigenvalue weighted by molar-refractivity contribution is 5.67. The van der Waals surface area contributed by atoms with Gasteiger partial charge in [0.1, 0.15) is 11.5 Å². The molecule has 0 bridgehead atoms. The third-order valence-electron chi connectivity index (χ3n) is 1.88. The summed E-state index contributed by atoms with van der Waals surface area (Å²) < 4.78 is 28.2. The van der Waals surface area contributed by atoms with Gasteiger partial charge in [-0.2, -0.15) is 8.78 Å². The van der Waals surface area contributed by atoms with Crippen LogP contribution in [0.25, 0.3) is 0 Å². The van der Waals surface area contributed by atoms with Crippen LogP contribution in [0.4, 0.5) is 8.78 Å². The molecule has 0 spiro atoms. The van der Waals surface area contributed by atoms with E-state index in [0.29, 0.717) is 5.56 Å². The van der Waals surface area contributed by atoms with Crippen molar-refractivity contribution in [2.75, 3.05) is 0 Å². The molecule has 6 heteroatoms. The Morgan fingerprint density at radius 2 is 2.12 bits per heavy atom. The highest BCUT2D eigenvalue weighted by Crippen LogP contribution is 2.26. The lowest BCUT2D eigenvalue weighted by atomic mass is 10.1. The lowest BCUT2D eigenvalue weighted by Crippen LogP contribution is -2.05. The molecular weight excluding hydrogens is 222 g/mol. The Balaban J connectivity index is 2.84. The summed E-state index contributed by atoms with van der Waals surface area (Å²) in [6.45, 7) is -3.01. The zero-order valence-electron chi connectivity index (χ0n) is 8.19. The van der Waals surface area contributed by atoms with E-state index in [1.807, 2.05) is 0 Å². The molecule has 4 nitrogen and oxygen atoms in total. The average molecular weight is 232 g/mol. The molecule has 88 valence electrons. The first kappa shape index (κ1) is 12.2. The molecule has 0 atom stereocenters. The first-order valence-electron chi connectivity index (χ1n) is 4.47. The highest BCUT2D eigenvalue weighted by atomic mass is 19.3. The largest absolute Gasteiger partial charge is 0.508 e. The number of aryl methyl sites for hydroxylation is 1. The topological polar surface area (TPSA) is 66.8 Å². The monoisotopic (exact) mass is 232 g/mol. The number of rotatable bonds is 5. The Morgan fingerprint density at radius 3 is 2.69 bits per heavy atom. The van der Waals surface area contributed by atoms with Gasteiger partial charge in [0, 0.05) is 12.5 Å². The van der Waals surface area contributed by atoms with Gasteiger partial charge >= 0.3 is 12.6 Å². The number of hydrogen-bond donors (Lipinski definition) is 2.